The van der Waals surface area contributed by atoms with Gasteiger partial charge in [0.1, 0.15) is 10.7 Å². The van der Waals surface area contributed by atoms with Crippen molar-refractivity contribution >= 4 is 27.5 Å². The van der Waals surface area contributed by atoms with Gasteiger partial charge in [-0.2, -0.15) is 0 Å². The standard InChI is InChI=1S/C16H14N2O5S/c1-22-10-4-3-8(5-11(10)23-2)6-12-17-14(19)13-9(16(20)21)7-24-15(13)18-12/h3-5,7H,6H2,1-2H3,(H,20,21)(H,17,18,19). The van der Waals surface area contributed by atoms with Crippen LogP contribution in [0.1, 0.15) is 21.7 Å². The van der Waals surface area contributed by atoms with Crippen LogP contribution < -0.4 is 15.0 Å². The Kier molecular flexibility index (Phi) is 4.22. The summed E-state index contributed by atoms with van der Waals surface area (Å²) in [5.41, 5.74) is 0.403. The third-order valence-corrected chi connectivity index (χ3v) is 4.42. The number of ether oxygens (including phenoxy) is 2. The summed E-state index contributed by atoms with van der Waals surface area (Å²) in [6.07, 6.45) is 0.381. The molecule has 0 aliphatic heterocycles. The van der Waals surface area contributed by atoms with Gasteiger partial charge in [-0.15, -0.1) is 11.3 Å². The van der Waals surface area contributed by atoms with Gasteiger partial charge in [0.2, 0.25) is 0 Å². The van der Waals surface area contributed by atoms with Crippen molar-refractivity contribution in [2.75, 3.05) is 14.2 Å². The molecule has 0 amide bonds. The van der Waals surface area contributed by atoms with Gasteiger partial charge in [0.05, 0.1) is 25.2 Å². The molecule has 2 N–H and O–H groups in total. The van der Waals surface area contributed by atoms with Crippen molar-refractivity contribution in [3.8, 4) is 11.5 Å². The fourth-order valence-electron chi connectivity index (χ4n) is 2.42. The Bertz CT molecular complexity index is 976. The molecule has 0 saturated carbocycles. The molecule has 0 spiro atoms. The van der Waals surface area contributed by atoms with Gasteiger partial charge >= 0.3 is 5.97 Å². The SMILES string of the molecule is COc1ccc(Cc2nc3scc(C(=O)O)c3c(=O)[nH]2)cc1OC. The summed E-state index contributed by atoms with van der Waals surface area (Å²) in [4.78, 5) is 30.8. The van der Waals surface area contributed by atoms with Crippen LogP contribution in [0, 0.1) is 0 Å². The minimum Gasteiger partial charge on any atom is -0.493 e. The monoisotopic (exact) mass is 346 g/mol. The summed E-state index contributed by atoms with van der Waals surface area (Å²) in [6, 6.07) is 5.43. The van der Waals surface area contributed by atoms with Gasteiger partial charge in [-0.05, 0) is 17.7 Å². The van der Waals surface area contributed by atoms with Crippen LogP contribution in [-0.4, -0.2) is 35.3 Å². The number of carboxylic acid groups (broad SMARTS) is 1. The Morgan fingerprint density at radius 3 is 2.71 bits per heavy atom. The third kappa shape index (κ3) is 2.83. The van der Waals surface area contributed by atoms with Crippen molar-refractivity contribution in [1.82, 2.24) is 9.97 Å². The largest absolute Gasteiger partial charge is 0.493 e. The number of rotatable bonds is 5. The molecule has 2 heterocycles. The van der Waals surface area contributed by atoms with Gasteiger partial charge in [-0.25, -0.2) is 9.78 Å². The summed E-state index contributed by atoms with van der Waals surface area (Å²) in [7, 11) is 3.11. The molecule has 124 valence electrons. The van der Waals surface area contributed by atoms with Crippen molar-refractivity contribution < 1.29 is 19.4 Å². The van der Waals surface area contributed by atoms with Crippen LogP contribution in [0.25, 0.3) is 10.2 Å². The molecule has 0 atom stereocenters. The Morgan fingerprint density at radius 1 is 1.29 bits per heavy atom. The number of nitrogens with zero attached hydrogens (tertiary/aromatic N) is 1. The predicted molar refractivity (Wildman–Crippen MR) is 89.6 cm³/mol. The average molecular weight is 346 g/mol. The highest BCUT2D eigenvalue weighted by Gasteiger charge is 2.16. The van der Waals surface area contributed by atoms with E-state index in [1.54, 1.807) is 26.4 Å². The van der Waals surface area contributed by atoms with Crippen LogP contribution >= 0.6 is 11.3 Å². The summed E-state index contributed by atoms with van der Waals surface area (Å²) < 4.78 is 10.4. The molecule has 0 bridgehead atoms. The number of aromatic nitrogens is 2. The highest BCUT2D eigenvalue weighted by Crippen LogP contribution is 2.28. The molecule has 0 aliphatic carbocycles. The molecule has 8 heteroatoms. The van der Waals surface area contributed by atoms with Gasteiger partial charge in [0, 0.05) is 11.8 Å². The smallest absolute Gasteiger partial charge is 0.337 e. The molecule has 24 heavy (non-hydrogen) atoms. The van der Waals surface area contributed by atoms with Crippen LogP contribution in [0.4, 0.5) is 0 Å². The van der Waals surface area contributed by atoms with E-state index in [1.165, 1.54) is 5.38 Å². The maximum atomic E-state index is 12.2. The topological polar surface area (TPSA) is 102 Å². The minimum absolute atomic E-state index is 0.0265. The number of methoxy groups -OCH3 is 2. The lowest BCUT2D eigenvalue weighted by molar-refractivity contribution is 0.0699. The molecule has 0 aliphatic rings. The van der Waals surface area contributed by atoms with Crippen molar-refractivity contribution in [2.45, 2.75) is 6.42 Å². The number of nitrogens with one attached hydrogen (secondary N) is 1. The van der Waals surface area contributed by atoms with Crippen LogP contribution in [0.15, 0.2) is 28.4 Å². The summed E-state index contributed by atoms with van der Waals surface area (Å²) in [5.74, 6) is 0.518. The zero-order chi connectivity index (χ0) is 17.3. The number of aromatic carboxylic acids is 1. The third-order valence-electron chi connectivity index (χ3n) is 3.54. The number of carbonyl (C=O) groups is 1. The molecule has 2 aromatic heterocycles. The highest BCUT2D eigenvalue weighted by atomic mass is 32.1. The van der Waals surface area contributed by atoms with Crippen LogP contribution in [0.5, 0.6) is 11.5 Å². The molecule has 0 saturated heterocycles. The molecule has 0 unspecified atom stereocenters. The summed E-state index contributed by atoms with van der Waals surface area (Å²) >= 11 is 1.14. The summed E-state index contributed by atoms with van der Waals surface area (Å²) in [6.45, 7) is 0. The number of thiophene rings is 1. The van der Waals surface area contributed by atoms with E-state index in [9.17, 15) is 9.59 Å². The number of fused-ring (bicyclic) bond motifs is 1. The first kappa shape index (κ1) is 16.0. The lowest BCUT2D eigenvalue weighted by atomic mass is 10.1. The van der Waals surface area contributed by atoms with Gasteiger partial charge in [-0.3, -0.25) is 4.79 Å². The first-order valence-corrected chi connectivity index (χ1v) is 7.86. The quantitative estimate of drug-likeness (QED) is 0.735. The van der Waals surface area contributed by atoms with E-state index in [0.29, 0.717) is 28.6 Å². The van der Waals surface area contributed by atoms with E-state index in [2.05, 4.69) is 9.97 Å². The van der Waals surface area contributed by atoms with Gasteiger partial charge in [0.15, 0.2) is 11.5 Å². The normalized spacial score (nSPS) is 10.8. The Labute approximate surface area is 140 Å². The van der Waals surface area contributed by atoms with E-state index in [1.807, 2.05) is 6.07 Å². The van der Waals surface area contributed by atoms with Crippen molar-refractivity contribution in [1.29, 1.82) is 0 Å². The van der Waals surface area contributed by atoms with E-state index < -0.39 is 11.5 Å². The first-order chi connectivity index (χ1) is 11.5. The fourth-order valence-corrected chi connectivity index (χ4v) is 3.35. The predicted octanol–water partition coefficient (Wildman–Crippen LogP) is 2.29. The Hall–Kier alpha value is -2.87. The van der Waals surface area contributed by atoms with Crippen LogP contribution in [-0.2, 0) is 6.42 Å². The zero-order valence-electron chi connectivity index (χ0n) is 13.0. The maximum Gasteiger partial charge on any atom is 0.337 e. The number of aromatic amines is 1. The second-order valence-corrected chi connectivity index (χ2v) is 5.87. The molecule has 1 aromatic carbocycles. The molecular formula is C16H14N2O5S. The number of H-pyrrole nitrogens is 1. The second-order valence-electron chi connectivity index (χ2n) is 5.01. The Morgan fingerprint density at radius 2 is 2.04 bits per heavy atom. The molecule has 3 aromatic rings. The average Bonchev–Trinajstić information content (AvgIpc) is 2.99. The number of hydrogen-bond acceptors (Lipinski definition) is 6. The minimum atomic E-state index is -1.14. The molecule has 0 fully saturated rings. The second kappa shape index (κ2) is 6.32. The van der Waals surface area contributed by atoms with E-state index in [0.717, 1.165) is 16.9 Å². The van der Waals surface area contributed by atoms with Gasteiger partial charge < -0.3 is 19.6 Å². The number of benzene rings is 1. The van der Waals surface area contributed by atoms with Crippen molar-refractivity contribution in [3.05, 3.63) is 50.9 Å². The van der Waals surface area contributed by atoms with E-state index in [4.69, 9.17) is 14.6 Å². The highest BCUT2D eigenvalue weighted by molar-refractivity contribution is 7.17. The molecule has 3 rings (SSSR count). The van der Waals surface area contributed by atoms with Crippen LogP contribution in [0.2, 0.25) is 0 Å². The van der Waals surface area contributed by atoms with E-state index >= 15 is 0 Å². The zero-order valence-corrected chi connectivity index (χ0v) is 13.8. The summed E-state index contributed by atoms with van der Waals surface area (Å²) in [5, 5.41) is 10.6. The Balaban J connectivity index is 1.99. The maximum absolute atomic E-state index is 12.2. The molecular weight excluding hydrogens is 332 g/mol. The molecule has 7 nitrogen and oxygen atoms in total. The van der Waals surface area contributed by atoms with Crippen LogP contribution in [0.3, 0.4) is 0 Å². The van der Waals surface area contributed by atoms with E-state index in [-0.39, 0.29) is 10.9 Å². The first-order valence-electron chi connectivity index (χ1n) is 6.98. The lowest BCUT2D eigenvalue weighted by Crippen LogP contribution is -2.13. The van der Waals surface area contributed by atoms with Gasteiger partial charge in [0.25, 0.3) is 5.56 Å². The number of hydrogen-bond donors (Lipinski definition) is 2. The van der Waals surface area contributed by atoms with Crippen molar-refractivity contribution in [3.63, 3.8) is 0 Å². The van der Waals surface area contributed by atoms with Crippen molar-refractivity contribution in [2.24, 2.45) is 0 Å². The number of carboxylic acids is 1. The van der Waals surface area contributed by atoms with Gasteiger partial charge in [-0.1, -0.05) is 6.07 Å². The fraction of sp³-hybridized carbons (Fsp3) is 0.188. The molecule has 0 radical (unpaired) electrons. The lowest BCUT2D eigenvalue weighted by Gasteiger charge is -2.09.